The van der Waals surface area contributed by atoms with Gasteiger partial charge < -0.3 is 10.2 Å². The smallest absolute Gasteiger partial charge is 0.0811 e. The van der Waals surface area contributed by atoms with Gasteiger partial charge in [-0.15, -0.1) is 0 Å². The summed E-state index contributed by atoms with van der Waals surface area (Å²) in [5, 5.41) is 18.1. The Hall–Kier alpha value is -0.0400. The van der Waals surface area contributed by atoms with Crippen molar-refractivity contribution < 1.29 is 10.2 Å². The summed E-state index contributed by atoms with van der Waals surface area (Å²) in [6.07, 6.45) is 0.0520. The summed E-state index contributed by atoms with van der Waals surface area (Å²) in [6, 6.07) is 0. The number of aliphatic hydroxyl groups excluding tert-OH is 2. The fourth-order valence-electron chi connectivity index (χ4n) is 1.19. The second-order valence-electron chi connectivity index (χ2n) is 2.54. The molecule has 0 aliphatic heterocycles. The molecule has 0 heterocycles. The molecule has 0 radical (unpaired) electrons. The van der Waals surface area contributed by atoms with Crippen molar-refractivity contribution in [2.75, 3.05) is 0 Å². The Morgan fingerprint density at radius 1 is 1.20 bits per heavy atom. The highest BCUT2D eigenvalue weighted by atomic mass is 79.9. The third-order valence-electron chi connectivity index (χ3n) is 1.75. The molecular formula is C7H9BrO2. The maximum Gasteiger partial charge on any atom is 0.0811 e. The van der Waals surface area contributed by atoms with Gasteiger partial charge in [0.15, 0.2) is 0 Å². The summed E-state index contributed by atoms with van der Waals surface area (Å²) >= 11 is 2.97. The zero-order valence-corrected chi connectivity index (χ0v) is 7.00. The third kappa shape index (κ3) is 1.72. The molecule has 0 spiro atoms. The van der Waals surface area contributed by atoms with E-state index in [0.717, 1.165) is 0 Å². The van der Waals surface area contributed by atoms with Gasteiger partial charge in [-0.25, -0.2) is 0 Å². The Balaban J connectivity index is 2.46. The second kappa shape index (κ2) is 3.38. The van der Waals surface area contributed by atoms with Gasteiger partial charge in [-0.1, -0.05) is 5.92 Å². The van der Waals surface area contributed by atoms with E-state index >= 15 is 0 Å². The number of rotatable bonds is 0. The first-order valence-corrected chi connectivity index (χ1v) is 4.00. The molecule has 3 atom stereocenters. The van der Waals surface area contributed by atoms with Gasteiger partial charge in [0.1, 0.15) is 0 Å². The van der Waals surface area contributed by atoms with Crippen molar-refractivity contribution in [1.29, 1.82) is 0 Å². The van der Waals surface area contributed by atoms with Gasteiger partial charge in [-0.3, -0.25) is 0 Å². The van der Waals surface area contributed by atoms with Crippen molar-refractivity contribution in [3.05, 3.63) is 0 Å². The maximum atomic E-state index is 9.06. The van der Waals surface area contributed by atoms with Gasteiger partial charge in [-0.2, -0.15) is 0 Å². The molecule has 10 heavy (non-hydrogen) atoms. The molecule has 2 nitrogen and oxygen atoms in total. The van der Waals surface area contributed by atoms with Gasteiger partial charge in [0, 0.05) is 21.8 Å². The van der Waals surface area contributed by atoms with Crippen molar-refractivity contribution in [2.24, 2.45) is 5.92 Å². The number of aliphatic hydroxyl groups is 2. The van der Waals surface area contributed by atoms with Crippen molar-refractivity contribution in [3.63, 3.8) is 0 Å². The molecule has 0 bridgehead atoms. The highest BCUT2D eigenvalue weighted by Crippen LogP contribution is 2.25. The lowest BCUT2D eigenvalue weighted by Crippen LogP contribution is -2.17. The molecule has 3 heteroatoms. The Morgan fingerprint density at radius 2 is 1.70 bits per heavy atom. The topological polar surface area (TPSA) is 40.5 Å². The third-order valence-corrected chi connectivity index (χ3v) is 1.98. The first kappa shape index (κ1) is 8.06. The summed E-state index contributed by atoms with van der Waals surface area (Å²) in [5.41, 5.74) is 0. The SMILES string of the molecule is O[C@@H]1CC(C#CBr)C[C@@H]1O. The molecular weight excluding hydrogens is 196 g/mol. The number of hydrogen-bond acceptors (Lipinski definition) is 2. The fourth-order valence-corrected chi connectivity index (χ4v) is 1.51. The van der Waals surface area contributed by atoms with Crippen LogP contribution in [0.15, 0.2) is 0 Å². The molecule has 0 aromatic heterocycles. The van der Waals surface area contributed by atoms with Crippen LogP contribution in [-0.2, 0) is 0 Å². The lowest BCUT2D eigenvalue weighted by atomic mass is 10.1. The normalized spacial score (nSPS) is 38.9. The van der Waals surface area contributed by atoms with Crippen LogP contribution in [0.2, 0.25) is 0 Å². The molecule has 1 aliphatic rings. The van der Waals surface area contributed by atoms with Crippen molar-refractivity contribution in [2.45, 2.75) is 25.0 Å². The van der Waals surface area contributed by atoms with Crippen LogP contribution in [-0.4, -0.2) is 22.4 Å². The van der Waals surface area contributed by atoms with Crippen LogP contribution in [0, 0.1) is 16.7 Å². The average molecular weight is 205 g/mol. The molecule has 1 unspecified atom stereocenters. The van der Waals surface area contributed by atoms with Gasteiger partial charge in [-0.05, 0) is 17.7 Å². The zero-order valence-electron chi connectivity index (χ0n) is 5.42. The fraction of sp³-hybridized carbons (Fsp3) is 0.714. The standard InChI is InChI=1S/C7H9BrO2/c8-2-1-5-3-6(9)7(10)4-5/h5-7,9-10H,3-4H2/t5?,6-,7+. The van der Waals surface area contributed by atoms with Gasteiger partial charge in [0.05, 0.1) is 12.2 Å². The molecule has 2 N–H and O–H groups in total. The van der Waals surface area contributed by atoms with E-state index in [1.165, 1.54) is 0 Å². The Bertz CT molecular complexity index is 160. The first-order valence-electron chi connectivity index (χ1n) is 3.21. The van der Waals surface area contributed by atoms with Crippen LogP contribution >= 0.6 is 15.9 Å². The van der Waals surface area contributed by atoms with E-state index in [4.69, 9.17) is 10.2 Å². The maximum absolute atomic E-state index is 9.06. The molecule has 0 saturated heterocycles. The summed E-state index contributed by atoms with van der Waals surface area (Å²) in [5.74, 6) is 3.01. The van der Waals surface area contributed by atoms with E-state index in [1.54, 1.807) is 0 Å². The van der Waals surface area contributed by atoms with E-state index in [9.17, 15) is 0 Å². The van der Waals surface area contributed by atoms with Crippen molar-refractivity contribution in [3.8, 4) is 10.8 Å². The first-order chi connectivity index (χ1) is 4.74. The molecule has 1 aliphatic carbocycles. The Labute approximate surface area is 68.4 Å². The van der Waals surface area contributed by atoms with E-state index in [-0.39, 0.29) is 5.92 Å². The average Bonchev–Trinajstić information content (AvgIpc) is 2.14. The molecule has 56 valence electrons. The van der Waals surface area contributed by atoms with E-state index in [1.807, 2.05) is 0 Å². The van der Waals surface area contributed by atoms with Crippen LogP contribution in [0.3, 0.4) is 0 Å². The summed E-state index contributed by atoms with van der Waals surface area (Å²) in [6.45, 7) is 0. The van der Waals surface area contributed by atoms with Crippen LogP contribution in [0.4, 0.5) is 0 Å². The lowest BCUT2D eigenvalue weighted by molar-refractivity contribution is 0.0438. The predicted molar refractivity (Wildman–Crippen MR) is 41.4 cm³/mol. The second-order valence-corrected chi connectivity index (χ2v) is 2.94. The Kier molecular flexibility index (Phi) is 2.72. The number of hydrogen-bond donors (Lipinski definition) is 2. The number of halogens is 1. The van der Waals surface area contributed by atoms with Crippen LogP contribution in [0.25, 0.3) is 0 Å². The predicted octanol–water partition coefficient (Wildman–Crippen LogP) is 0.474. The molecule has 0 amide bonds. The molecule has 0 aromatic rings. The van der Waals surface area contributed by atoms with Crippen LogP contribution in [0.5, 0.6) is 0 Å². The monoisotopic (exact) mass is 204 g/mol. The van der Waals surface area contributed by atoms with Gasteiger partial charge in [0.25, 0.3) is 0 Å². The van der Waals surface area contributed by atoms with Crippen molar-refractivity contribution >= 4 is 15.9 Å². The summed E-state index contributed by atoms with van der Waals surface area (Å²) in [7, 11) is 0. The van der Waals surface area contributed by atoms with Crippen molar-refractivity contribution in [1.82, 2.24) is 0 Å². The largest absolute Gasteiger partial charge is 0.390 e. The van der Waals surface area contributed by atoms with Gasteiger partial charge in [0.2, 0.25) is 0 Å². The Morgan fingerprint density at radius 3 is 2.10 bits per heavy atom. The molecule has 1 fully saturated rings. The quantitative estimate of drug-likeness (QED) is 0.564. The van der Waals surface area contributed by atoms with E-state index in [0.29, 0.717) is 12.8 Å². The minimum Gasteiger partial charge on any atom is -0.390 e. The van der Waals surface area contributed by atoms with Crippen LogP contribution < -0.4 is 0 Å². The molecule has 1 saturated carbocycles. The van der Waals surface area contributed by atoms with E-state index < -0.39 is 12.2 Å². The summed E-state index contributed by atoms with van der Waals surface area (Å²) < 4.78 is 0. The molecule has 0 aromatic carbocycles. The highest BCUT2D eigenvalue weighted by molar-refractivity contribution is 9.12. The highest BCUT2D eigenvalue weighted by Gasteiger charge is 2.29. The van der Waals surface area contributed by atoms with E-state index in [2.05, 4.69) is 26.7 Å². The zero-order chi connectivity index (χ0) is 7.56. The minimum absolute atomic E-state index is 0.157. The minimum atomic E-state index is -0.571. The summed E-state index contributed by atoms with van der Waals surface area (Å²) in [4.78, 5) is 2.59. The molecule has 1 rings (SSSR count). The van der Waals surface area contributed by atoms with Crippen LogP contribution in [0.1, 0.15) is 12.8 Å². The lowest BCUT2D eigenvalue weighted by Gasteiger charge is -2.03. The van der Waals surface area contributed by atoms with Gasteiger partial charge >= 0.3 is 0 Å².